The van der Waals surface area contributed by atoms with Crippen molar-refractivity contribution in [3.8, 4) is 5.75 Å². The minimum atomic E-state index is -0.191. The molecule has 7 heteroatoms. The van der Waals surface area contributed by atoms with Gasteiger partial charge in [0.25, 0.3) is 5.91 Å². The van der Waals surface area contributed by atoms with Crippen molar-refractivity contribution in [3.63, 3.8) is 0 Å². The van der Waals surface area contributed by atoms with Gasteiger partial charge in [0.2, 0.25) is 0 Å². The van der Waals surface area contributed by atoms with Crippen LogP contribution < -0.4 is 10.1 Å². The SMILES string of the molecule is O=C(COc1ccc(Cl)cc1)NCCc1nc2ccccc2n1Cc1ccccc1Cl. The first-order chi connectivity index (χ1) is 15.1. The van der Waals surface area contributed by atoms with E-state index in [1.165, 1.54) is 0 Å². The topological polar surface area (TPSA) is 56.1 Å². The first-order valence-electron chi connectivity index (χ1n) is 9.93. The number of hydrogen-bond donors (Lipinski definition) is 1. The number of carbonyl (C=O) groups excluding carboxylic acids is 1. The number of imidazole rings is 1. The maximum absolute atomic E-state index is 12.2. The number of amides is 1. The molecule has 3 aromatic carbocycles. The zero-order chi connectivity index (χ0) is 21.6. The number of rotatable bonds is 8. The molecule has 0 aliphatic carbocycles. The number of ether oxygens (including phenoxy) is 1. The first kappa shape index (κ1) is 21.2. The molecular weight excluding hydrogens is 433 g/mol. The molecule has 31 heavy (non-hydrogen) atoms. The predicted molar refractivity (Wildman–Crippen MR) is 124 cm³/mol. The van der Waals surface area contributed by atoms with E-state index in [0.29, 0.717) is 30.3 Å². The number of hydrogen-bond acceptors (Lipinski definition) is 3. The fraction of sp³-hybridized carbons (Fsp3) is 0.167. The Morgan fingerprint density at radius 1 is 0.968 bits per heavy atom. The molecule has 0 fully saturated rings. The van der Waals surface area contributed by atoms with E-state index in [1.54, 1.807) is 24.3 Å². The Morgan fingerprint density at radius 3 is 2.52 bits per heavy atom. The number of nitrogens with zero attached hydrogens (tertiary/aromatic N) is 2. The molecule has 0 aliphatic heterocycles. The Balaban J connectivity index is 1.40. The van der Waals surface area contributed by atoms with Gasteiger partial charge in [0.15, 0.2) is 6.61 Å². The molecule has 1 N–H and O–H groups in total. The molecule has 1 amide bonds. The third kappa shape index (κ3) is 5.37. The summed E-state index contributed by atoms with van der Waals surface area (Å²) in [5.41, 5.74) is 2.98. The van der Waals surface area contributed by atoms with Gasteiger partial charge in [-0.25, -0.2) is 4.98 Å². The lowest BCUT2D eigenvalue weighted by molar-refractivity contribution is -0.123. The van der Waals surface area contributed by atoms with Gasteiger partial charge < -0.3 is 14.6 Å². The molecule has 1 heterocycles. The molecule has 4 rings (SSSR count). The van der Waals surface area contributed by atoms with E-state index in [2.05, 4.69) is 9.88 Å². The van der Waals surface area contributed by atoms with E-state index >= 15 is 0 Å². The normalized spacial score (nSPS) is 10.9. The van der Waals surface area contributed by atoms with Gasteiger partial charge >= 0.3 is 0 Å². The highest BCUT2D eigenvalue weighted by Gasteiger charge is 2.13. The van der Waals surface area contributed by atoms with Crippen molar-refractivity contribution in [1.29, 1.82) is 0 Å². The summed E-state index contributed by atoms with van der Waals surface area (Å²) in [6.07, 6.45) is 0.589. The molecule has 1 aromatic heterocycles. The molecule has 0 bridgehead atoms. The van der Waals surface area contributed by atoms with Crippen LogP contribution in [0.25, 0.3) is 11.0 Å². The smallest absolute Gasteiger partial charge is 0.257 e. The summed E-state index contributed by atoms with van der Waals surface area (Å²) in [7, 11) is 0. The number of para-hydroxylation sites is 2. The van der Waals surface area contributed by atoms with Gasteiger partial charge in [-0.05, 0) is 48.0 Å². The van der Waals surface area contributed by atoms with Crippen molar-refractivity contribution >= 4 is 40.1 Å². The molecule has 158 valence electrons. The average molecular weight is 454 g/mol. The van der Waals surface area contributed by atoms with Crippen LogP contribution in [0.4, 0.5) is 0 Å². The summed E-state index contributed by atoms with van der Waals surface area (Å²) in [6.45, 7) is 1.01. The van der Waals surface area contributed by atoms with E-state index in [9.17, 15) is 4.79 Å². The molecular formula is C24H21Cl2N3O2. The number of benzene rings is 3. The second-order valence-corrected chi connectivity index (χ2v) is 7.88. The van der Waals surface area contributed by atoms with E-state index in [-0.39, 0.29) is 12.5 Å². The lowest BCUT2D eigenvalue weighted by atomic mass is 10.2. The number of halogens is 2. The lowest BCUT2D eigenvalue weighted by Crippen LogP contribution is -2.31. The maximum Gasteiger partial charge on any atom is 0.257 e. The van der Waals surface area contributed by atoms with Crippen LogP contribution in [0.1, 0.15) is 11.4 Å². The molecule has 0 atom stereocenters. The molecule has 0 aliphatic rings. The second-order valence-electron chi connectivity index (χ2n) is 7.04. The zero-order valence-electron chi connectivity index (χ0n) is 16.7. The number of nitrogens with one attached hydrogen (secondary N) is 1. The van der Waals surface area contributed by atoms with Crippen molar-refractivity contribution in [1.82, 2.24) is 14.9 Å². The monoisotopic (exact) mass is 453 g/mol. The van der Waals surface area contributed by atoms with Gasteiger partial charge in [-0.15, -0.1) is 0 Å². The predicted octanol–water partition coefficient (Wildman–Crippen LogP) is 5.13. The Bertz CT molecular complexity index is 1190. The molecule has 5 nitrogen and oxygen atoms in total. The summed E-state index contributed by atoms with van der Waals surface area (Å²) < 4.78 is 7.63. The second kappa shape index (κ2) is 9.86. The van der Waals surface area contributed by atoms with Crippen LogP contribution >= 0.6 is 23.2 Å². The van der Waals surface area contributed by atoms with E-state index in [0.717, 1.165) is 27.4 Å². The highest BCUT2D eigenvalue weighted by atomic mass is 35.5. The molecule has 0 saturated carbocycles. The van der Waals surface area contributed by atoms with Crippen LogP contribution in [0.15, 0.2) is 72.8 Å². The fourth-order valence-corrected chi connectivity index (χ4v) is 3.66. The van der Waals surface area contributed by atoms with E-state index < -0.39 is 0 Å². The van der Waals surface area contributed by atoms with Crippen molar-refractivity contribution in [2.45, 2.75) is 13.0 Å². The van der Waals surface area contributed by atoms with Gasteiger partial charge in [0, 0.05) is 23.0 Å². The zero-order valence-corrected chi connectivity index (χ0v) is 18.2. The maximum atomic E-state index is 12.2. The molecule has 4 aromatic rings. The minimum Gasteiger partial charge on any atom is -0.484 e. The summed E-state index contributed by atoms with van der Waals surface area (Å²) >= 11 is 12.2. The highest BCUT2D eigenvalue weighted by molar-refractivity contribution is 6.31. The minimum absolute atomic E-state index is 0.0579. The lowest BCUT2D eigenvalue weighted by Gasteiger charge is -2.11. The molecule has 0 saturated heterocycles. The van der Waals surface area contributed by atoms with Gasteiger partial charge in [0.1, 0.15) is 11.6 Å². The number of fused-ring (bicyclic) bond motifs is 1. The van der Waals surface area contributed by atoms with Crippen LogP contribution in [-0.4, -0.2) is 28.6 Å². The Hall–Kier alpha value is -3.02. The van der Waals surface area contributed by atoms with E-state index in [1.807, 2.05) is 48.5 Å². The van der Waals surface area contributed by atoms with Gasteiger partial charge in [-0.1, -0.05) is 53.5 Å². The number of aromatic nitrogens is 2. The van der Waals surface area contributed by atoms with Crippen molar-refractivity contribution in [2.75, 3.05) is 13.2 Å². The van der Waals surface area contributed by atoms with Crippen molar-refractivity contribution in [2.24, 2.45) is 0 Å². The Morgan fingerprint density at radius 2 is 1.71 bits per heavy atom. The molecule has 0 spiro atoms. The quantitative estimate of drug-likeness (QED) is 0.402. The molecule has 0 unspecified atom stereocenters. The summed E-state index contributed by atoms with van der Waals surface area (Å²) in [5, 5.41) is 4.23. The van der Waals surface area contributed by atoms with Crippen LogP contribution in [0.2, 0.25) is 10.0 Å². The fourth-order valence-electron chi connectivity index (χ4n) is 3.33. The third-order valence-electron chi connectivity index (χ3n) is 4.87. The van der Waals surface area contributed by atoms with Gasteiger partial charge in [0.05, 0.1) is 17.6 Å². The van der Waals surface area contributed by atoms with Gasteiger partial charge in [-0.3, -0.25) is 4.79 Å². The van der Waals surface area contributed by atoms with Crippen molar-refractivity contribution < 1.29 is 9.53 Å². The van der Waals surface area contributed by atoms with Crippen LogP contribution in [0.5, 0.6) is 5.75 Å². The summed E-state index contributed by atoms with van der Waals surface area (Å²) in [5.74, 6) is 1.30. The summed E-state index contributed by atoms with van der Waals surface area (Å²) in [4.78, 5) is 16.9. The Labute approximate surface area is 190 Å². The van der Waals surface area contributed by atoms with Crippen LogP contribution in [0, 0.1) is 0 Å². The number of carbonyl (C=O) groups is 1. The first-order valence-corrected chi connectivity index (χ1v) is 10.7. The standard InChI is InChI=1S/C24H21Cl2N3O2/c25-18-9-11-19(12-10-18)31-16-24(30)27-14-13-23-28-21-7-3-4-8-22(21)29(23)15-17-5-1-2-6-20(17)26/h1-12H,13-16H2,(H,27,30). The highest BCUT2D eigenvalue weighted by Crippen LogP contribution is 2.22. The Kier molecular flexibility index (Phi) is 6.75. The summed E-state index contributed by atoms with van der Waals surface area (Å²) in [6, 6.07) is 22.7. The van der Waals surface area contributed by atoms with Gasteiger partial charge in [-0.2, -0.15) is 0 Å². The van der Waals surface area contributed by atoms with Crippen LogP contribution in [-0.2, 0) is 17.8 Å². The van der Waals surface area contributed by atoms with E-state index in [4.69, 9.17) is 32.9 Å². The third-order valence-corrected chi connectivity index (χ3v) is 5.49. The molecule has 0 radical (unpaired) electrons. The average Bonchev–Trinajstić information content (AvgIpc) is 3.12. The largest absolute Gasteiger partial charge is 0.484 e. The van der Waals surface area contributed by atoms with Crippen LogP contribution in [0.3, 0.4) is 0 Å². The van der Waals surface area contributed by atoms with Crippen molar-refractivity contribution in [3.05, 3.63) is 94.2 Å².